The second-order valence-electron chi connectivity index (χ2n) is 4.86. The lowest BCUT2D eigenvalue weighted by Gasteiger charge is -2.32. The Labute approximate surface area is 89.7 Å². The van der Waals surface area contributed by atoms with Crippen molar-refractivity contribution in [2.75, 3.05) is 0 Å². The van der Waals surface area contributed by atoms with E-state index in [9.17, 15) is 4.39 Å². The van der Waals surface area contributed by atoms with Gasteiger partial charge in [0.15, 0.2) is 0 Å². The standard InChI is InChI=1S/C13H16FN/c14-11-4-1-3-10(9-11)13(7-8-13)15-12-5-2-6-12/h1,3-4,9,12,15H,2,5-8H2. The highest BCUT2D eigenvalue weighted by Gasteiger charge is 2.46. The zero-order chi connectivity index (χ0) is 10.3. The highest BCUT2D eigenvalue weighted by molar-refractivity contribution is 5.31. The Morgan fingerprint density at radius 2 is 2.07 bits per heavy atom. The van der Waals surface area contributed by atoms with Crippen LogP contribution in [0.15, 0.2) is 24.3 Å². The normalized spacial score (nSPS) is 23.5. The molecule has 0 amide bonds. The summed E-state index contributed by atoms with van der Waals surface area (Å²) < 4.78 is 13.1. The van der Waals surface area contributed by atoms with Crippen molar-refractivity contribution in [1.82, 2.24) is 5.32 Å². The zero-order valence-electron chi connectivity index (χ0n) is 8.80. The molecule has 0 aliphatic heterocycles. The first-order valence-corrected chi connectivity index (χ1v) is 5.82. The van der Waals surface area contributed by atoms with Crippen molar-refractivity contribution in [1.29, 1.82) is 0 Å². The molecule has 0 atom stereocenters. The summed E-state index contributed by atoms with van der Waals surface area (Å²) in [6.07, 6.45) is 6.24. The van der Waals surface area contributed by atoms with Crippen LogP contribution in [0.2, 0.25) is 0 Å². The molecule has 1 N–H and O–H groups in total. The molecule has 15 heavy (non-hydrogen) atoms. The smallest absolute Gasteiger partial charge is 0.123 e. The van der Waals surface area contributed by atoms with Crippen LogP contribution in [0.1, 0.15) is 37.7 Å². The summed E-state index contributed by atoms with van der Waals surface area (Å²) in [5.74, 6) is -0.116. The van der Waals surface area contributed by atoms with Crippen LogP contribution >= 0.6 is 0 Å². The van der Waals surface area contributed by atoms with E-state index in [2.05, 4.69) is 5.32 Å². The Morgan fingerprint density at radius 3 is 2.60 bits per heavy atom. The molecule has 0 bridgehead atoms. The van der Waals surface area contributed by atoms with E-state index in [1.807, 2.05) is 12.1 Å². The molecule has 3 rings (SSSR count). The van der Waals surface area contributed by atoms with Gasteiger partial charge in [0.25, 0.3) is 0 Å². The van der Waals surface area contributed by atoms with Gasteiger partial charge in [0.05, 0.1) is 0 Å². The largest absolute Gasteiger partial charge is 0.305 e. The van der Waals surface area contributed by atoms with Crippen molar-refractivity contribution in [3.05, 3.63) is 35.6 Å². The Balaban J connectivity index is 1.79. The van der Waals surface area contributed by atoms with Gasteiger partial charge in [-0.1, -0.05) is 18.6 Å². The molecule has 2 aliphatic rings. The molecule has 2 fully saturated rings. The van der Waals surface area contributed by atoms with E-state index in [4.69, 9.17) is 0 Å². The summed E-state index contributed by atoms with van der Waals surface area (Å²) in [6, 6.07) is 7.73. The van der Waals surface area contributed by atoms with Crippen molar-refractivity contribution in [2.24, 2.45) is 0 Å². The molecule has 0 unspecified atom stereocenters. The molecular formula is C13H16FN. The number of halogens is 1. The van der Waals surface area contributed by atoms with E-state index in [-0.39, 0.29) is 11.4 Å². The summed E-state index contributed by atoms with van der Waals surface area (Å²) >= 11 is 0. The van der Waals surface area contributed by atoms with Gasteiger partial charge in [0.2, 0.25) is 0 Å². The van der Waals surface area contributed by atoms with Crippen LogP contribution in [-0.2, 0) is 5.54 Å². The zero-order valence-corrected chi connectivity index (χ0v) is 8.80. The summed E-state index contributed by atoms with van der Waals surface area (Å²) in [5.41, 5.74) is 1.25. The van der Waals surface area contributed by atoms with E-state index in [1.54, 1.807) is 6.07 Å². The molecule has 2 saturated carbocycles. The van der Waals surface area contributed by atoms with Crippen molar-refractivity contribution < 1.29 is 4.39 Å². The highest BCUT2D eigenvalue weighted by Crippen LogP contribution is 2.47. The number of benzene rings is 1. The Bertz CT molecular complexity index is 367. The molecule has 0 heterocycles. The lowest BCUT2D eigenvalue weighted by molar-refractivity contribution is 0.295. The van der Waals surface area contributed by atoms with Crippen LogP contribution in [0.3, 0.4) is 0 Å². The van der Waals surface area contributed by atoms with Crippen LogP contribution < -0.4 is 5.32 Å². The van der Waals surface area contributed by atoms with Crippen molar-refractivity contribution in [2.45, 2.75) is 43.7 Å². The molecule has 1 aromatic carbocycles. The molecule has 1 aromatic rings. The van der Waals surface area contributed by atoms with Crippen molar-refractivity contribution >= 4 is 0 Å². The predicted octanol–water partition coefficient (Wildman–Crippen LogP) is 2.96. The minimum Gasteiger partial charge on any atom is -0.305 e. The number of nitrogens with one attached hydrogen (secondary N) is 1. The van der Waals surface area contributed by atoms with Crippen molar-refractivity contribution in [3.63, 3.8) is 0 Å². The van der Waals surface area contributed by atoms with Gasteiger partial charge >= 0.3 is 0 Å². The molecule has 0 aromatic heterocycles. The third-order valence-corrected chi connectivity index (χ3v) is 3.71. The van der Waals surface area contributed by atoms with Gasteiger partial charge in [-0.25, -0.2) is 4.39 Å². The topological polar surface area (TPSA) is 12.0 Å². The molecule has 0 radical (unpaired) electrons. The minimum absolute atomic E-state index is 0.116. The van der Waals surface area contributed by atoms with E-state index in [0.717, 1.165) is 18.4 Å². The summed E-state index contributed by atoms with van der Waals surface area (Å²) in [6.45, 7) is 0. The first-order chi connectivity index (χ1) is 7.28. The maximum Gasteiger partial charge on any atom is 0.123 e. The van der Waals surface area contributed by atoms with Crippen LogP contribution in [0.25, 0.3) is 0 Å². The van der Waals surface area contributed by atoms with Crippen LogP contribution in [0.4, 0.5) is 4.39 Å². The molecule has 2 aliphatic carbocycles. The van der Waals surface area contributed by atoms with Crippen LogP contribution in [-0.4, -0.2) is 6.04 Å². The average molecular weight is 205 g/mol. The van der Waals surface area contributed by atoms with Gasteiger partial charge in [-0.2, -0.15) is 0 Å². The van der Waals surface area contributed by atoms with Gasteiger partial charge in [0.1, 0.15) is 5.82 Å². The second kappa shape index (κ2) is 3.31. The Hall–Kier alpha value is -0.890. The molecular weight excluding hydrogens is 189 g/mol. The number of hydrogen-bond donors (Lipinski definition) is 1. The highest BCUT2D eigenvalue weighted by atomic mass is 19.1. The quantitative estimate of drug-likeness (QED) is 0.800. The SMILES string of the molecule is Fc1cccc(C2(NC3CCC3)CC2)c1. The third-order valence-electron chi connectivity index (χ3n) is 3.71. The summed E-state index contributed by atoms with van der Waals surface area (Å²) in [4.78, 5) is 0. The molecule has 1 nitrogen and oxygen atoms in total. The predicted molar refractivity (Wildman–Crippen MR) is 58.1 cm³/mol. The maximum absolute atomic E-state index is 13.1. The minimum atomic E-state index is -0.116. The Morgan fingerprint density at radius 1 is 1.27 bits per heavy atom. The number of hydrogen-bond acceptors (Lipinski definition) is 1. The van der Waals surface area contributed by atoms with Crippen molar-refractivity contribution in [3.8, 4) is 0 Å². The lowest BCUT2D eigenvalue weighted by Crippen LogP contribution is -2.42. The van der Waals surface area contributed by atoms with E-state index < -0.39 is 0 Å². The fraction of sp³-hybridized carbons (Fsp3) is 0.538. The third kappa shape index (κ3) is 1.67. The molecule has 80 valence electrons. The second-order valence-corrected chi connectivity index (χ2v) is 4.86. The maximum atomic E-state index is 13.1. The summed E-state index contributed by atoms with van der Waals surface area (Å²) in [7, 11) is 0. The Kier molecular flexibility index (Phi) is 2.06. The van der Waals surface area contributed by atoms with Crippen LogP contribution in [0, 0.1) is 5.82 Å². The monoisotopic (exact) mass is 205 g/mol. The summed E-state index contributed by atoms with van der Waals surface area (Å²) in [5, 5.41) is 3.68. The van der Waals surface area contributed by atoms with Gasteiger partial charge < -0.3 is 5.32 Å². The average Bonchev–Trinajstić information content (AvgIpc) is 2.93. The van der Waals surface area contributed by atoms with Gasteiger partial charge in [-0.05, 0) is 43.4 Å². The first kappa shape index (κ1) is 9.34. The van der Waals surface area contributed by atoms with E-state index >= 15 is 0 Å². The van der Waals surface area contributed by atoms with Crippen LogP contribution in [0.5, 0.6) is 0 Å². The lowest BCUT2D eigenvalue weighted by atomic mass is 9.91. The molecule has 0 spiro atoms. The van der Waals surface area contributed by atoms with Gasteiger partial charge in [-0.15, -0.1) is 0 Å². The first-order valence-electron chi connectivity index (χ1n) is 5.82. The van der Waals surface area contributed by atoms with E-state index in [1.165, 1.54) is 25.3 Å². The fourth-order valence-electron chi connectivity index (χ4n) is 2.37. The molecule has 0 saturated heterocycles. The van der Waals surface area contributed by atoms with E-state index in [0.29, 0.717) is 6.04 Å². The fourth-order valence-corrected chi connectivity index (χ4v) is 2.37. The van der Waals surface area contributed by atoms with Gasteiger partial charge in [0, 0.05) is 11.6 Å². The molecule has 2 heteroatoms. The number of rotatable bonds is 3. The van der Waals surface area contributed by atoms with Gasteiger partial charge in [-0.3, -0.25) is 0 Å².